The summed E-state index contributed by atoms with van der Waals surface area (Å²) in [5.41, 5.74) is 1.98. The van der Waals surface area contributed by atoms with Crippen LogP contribution in [0.2, 0.25) is 0 Å². The molecular weight excluding hydrogens is 316 g/mol. The first-order valence-corrected chi connectivity index (χ1v) is 7.72. The molecule has 24 heavy (non-hydrogen) atoms. The van der Waals surface area contributed by atoms with Crippen molar-refractivity contribution < 1.29 is 23.0 Å². The topological polar surface area (TPSA) is 48.4 Å². The Balaban J connectivity index is 1.62. The molecule has 0 radical (unpaired) electrons. The molecule has 0 unspecified atom stereocenters. The first-order chi connectivity index (χ1) is 11.6. The van der Waals surface area contributed by atoms with E-state index in [2.05, 4.69) is 9.72 Å². The molecule has 0 aliphatic heterocycles. The predicted molar refractivity (Wildman–Crippen MR) is 84.9 cm³/mol. The lowest BCUT2D eigenvalue weighted by molar-refractivity contribution is -0.143. The molecule has 0 bridgehead atoms. The van der Waals surface area contributed by atoms with Gasteiger partial charge in [0.1, 0.15) is 5.75 Å². The summed E-state index contributed by atoms with van der Waals surface area (Å²) in [4.78, 5) is 15.7. The highest BCUT2D eigenvalue weighted by molar-refractivity contribution is 5.69. The van der Waals surface area contributed by atoms with Gasteiger partial charge in [-0.15, -0.1) is 0 Å². The number of rotatable bonds is 9. The molecule has 0 aliphatic rings. The molecule has 0 aliphatic carbocycles. The van der Waals surface area contributed by atoms with Gasteiger partial charge in [0.2, 0.25) is 0 Å². The van der Waals surface area contributed by atoms with Crippen LogP contribution in [-0.2, 0) is 22.4 Å². The third kappa shape index (κ3) is 6.73. The van der Waals surface area contributed by atoms with Crippen LogP contribution in [0.15, 0.2) is 48.8 Å². The number of carbonyl (C=O) groups is 1. The minimum atomic E-state index is -2.84. The highest BCUT2D eigenvalue weighted by atomic mass is 19.3. The zero-order chi connectivity index (χ0) is 17.2. The normalized spacial score (nSPS) is 10.6. The molecule has 2 rings (SSSR count). The number of ether oxygens (including phenoxy) is 2. The molecule has 0 saturated heterocycles. The summed E-state index contributed by atoms with van der Waals surface area (Å²) in [6.07, 6.45) is 5.82. The van der Waals surface area contributed by atoms with E-state index < -0.39 is 6.61 Å². The average molecular weight is 335 g/mol. The lowest BCUT2D eigenvalue weighted by atomic mass is 10.1. The molecule has 0 atom stereocenters. The Labute approximate surface area is 139 Å². The third-order valence-corrected chi connectivity index (χ3v) is 3.36. The van der Waals surface area contributed by atoms with Crippen LogP contribution < -0.4 is 4.74 Å². The highest BCUT2D eigenvalue weighted by Gasteiger charge is 2.06. The van der Waals surface area contributed by atoms with Crippen LogP contribution in [-0.4, -0.2) is 24.2 Å². The minimum Gasteiger partial charge on any atom is -0.466 e. The lowest BCUT2D eigenvalue weighted by Crippen LogP contribution is -2.08. The molecule has 0 amide bonds. The average Bonchev–Trinajstić information content (AvgIpc) is 2.58. The van der Waals surface area contributed by atoms with Crippen molar-refractivity contribution in [3.63, 3.8) is 0 Å². The predicted octanol–water partition coefficient (Wildman–Crippen LogP) is 3.79. The van der Waals surface area contributed by atoms with E-state index in [0.717, 1.165) is 24.0 Å². The van der Waals surface area contributed by atoms with Gasteiger partial charge in [0.25, 0.3) is 0 Å². The van der Waals surface area contributed by atoms with Crippen molar-refractivity contribution in [2.45, 2.75) is 32.3 Å². The zero-order valence-corrected chi connectivity index (χ0v) is 13.2. The van der Waals surface area contributed by atoms with Crippen LogP contribution in [0.25, 0.3) is 0 Å². The molecular formula is C18H19F2NO3. The van der Waals surface area contributed by atoms with Gasteiger partial charge in [0, 0.05) is 18.8 Å². The lowest BCUT2D eigenvalue weighted by Gasteiger charge is -2.07. The van der Waals surface area contributed by atoms with E-state index in [0.29, 0.717) is 13.0 Å². The van der Waals surface area contributed by atoms with Crippen LogP contribution in [0.4, 0.5) is 8.78 Å². The molecule has 0 spiro atoms. The summed E-state index contributed by atoms with van der Waals surface area (Å²) in [5, 5.41) is 0. The van der Waals surface area contributed by atoms with E-state index in [-0.39, 0.29) is 18.1 Å². The highest BCUT2D eigenvalue weighted by Crippen LogP contribution is 2.16. The number of alkyl halides is 2. The fourth-order valence-electron chi connectivity index (χ4n) is 2.16. The van der Waals surface area contributed by atoms with Gasteiger partial charge < -0.3 is 9.47 Å². The summed E-state index contributed by atoms with van der Waals surface area (Å²) >= 11 is 0. The number of aromatic nitrogens is 1. The second kappa shape index (κ2) is 9.60. The van der Waals surface area contributed by atoms with Crippen molar-refractivity contribution in [1.29, 1.82) is 0 Å². The number of benzene rings is 1. The minimum absolute atomic E-state index is 0.103. The Morgan fingerprint density at radius 1 is 1.08 bits per heavy atom. The Morgan fingerprint density at radius 3 is 2.54 bits per heavy atom. The van der Waals surface area contributed by atoms with Crippen LogP contribution in [0.5, 0.6) is 5.75 Å². The number of nitrogens with zero attached hydrogens (tertiary/aromatic N) is 1. The second-order valence-corrected chi connectivity index (χ2v) is 5.21. The number of pyridine rings is 1. The van der Waals surface area contributed by atoms with Gasteiger partial charge in [0.05, 0.1) is 6.61 Å². The summed E-state index contributed by atoms with van der Waals surface area (Å²) in [5.74, 6) is -0.166. The first kappa shape index (κ1) is 17.8. The number of aryl methyl sites for hydroxylation is 2. The van der Waals surface area contributed by atoms with Gasteiger partial charge in [-0.1, -0.05) is 18.2 Å². The van der Waals surface area contributed by atoms with Gasteiger partial charge in [-0.25, -0.2) is 0 Å². The number of hydrogen-bond donors (Lipinski definition) is 0. The van der Waals surface area contributed by atoms with Crippen molar-refractivity contribution in [3.05, 3.63) is 59.9 Å². The number of esters is 1. The molecule has 1 aromatic heterocycles. The van der Waals surface area contributed by atoms with E-state index in [9.17, 15) is 13.6 Å². The molecule has 0 saturated carbocycles. The SMILES string of the molecule is O=C(CCc1ccc(OC(F)F)cc1)OCCCc1cccnc1. The maximum absolute atomic E-state index is 12.0. The van der Waals surface area contributed by atoms with E-state index in [1.807, 2.05) is 12.1 Å². The number of hydrogen-bond acceptors (Lipinski definition) is 4. The Kier molecular flexibility index (Phi) is 7.14. The summed E-state index contributed by atoms with van der Waals surface area (Å²) in [6.45, 7) is -2.47. The molecule has 1 aromatic carbocycles. The van der Waals surface area contributed by atoms with Crippen molar-refractivity contribution in [1.82, 2.24) is 4.98 Å². The van der Waals surface area contributed by atoms with Crippen molar-refractivity contribution in [2.75, 3.05) is 6.61 Å². The Bertz CT molecular complexity index is 618. The fourth-order valence-corrected chi connectivity index (χ4v) is 2.16. The Hall–Kier alpha value is -2.50. The summed E-state index contributed by atoms with van der Waals surface area (Å²) in [6, 6.07) is 10.1. The molecule has 1 heterocycles. The standard InChI is InChI=1S/C18H19F2NO3/c19-18(20)24-16-8-5-14(6-9-16)7-10-17(22)23-12-2-4-15-3-1-11-21-13-15/h1,3,5-6,8-9,11,13,18H,2,4,7,10,12H2. The van der Waals surface area contributed by atoms with Crippen LogP contribution in [0.3, 0.4) is 0 Å². The zero-order valence-electron chi connectivity index (χ0n) is 13.2. The fraction of sp³-hybridized carbons (Fsp3) is 0.333. The smallest absolute Gasteiger partial charge is 0.387 e. The van der Waals surface area contributed by atoms with Gasteiger partial charge >= 0.3 is 12.6 Å². The molecule has 0 fully saturated rings. The van der Waals surface area contributed by atoms with Gasteiger partial charge in [-0.05, 0) is 48.6 Å². The molecule has 2 aromatic rings. The van der Waals surface area contributed by atoms with Crippen LogP contribution in [0, 0.1) is 0 Å². The number of carbonyl (C=O) groups excluding carboxylic acids is 1. The van der Waals surface area contributed by atoms with Gasteiger partial charge in [-0.2, -0.15) is 8.78 Å². The van der Waals surface area contributed by atoms with Crippen LogP contribution >= 0.6 is 0 Å². The van der Waals surface area contributed by atoms with Crippen LogP contribution in [0.1, 0.15) is 24.0 Å². The molecule has 4 nitrogen and oxygen atoms in total. The van der Waals surface area contributed by atoms with E-state index in [4.69, 9.17) is 4.74 Å². The second-order valence-electron chi connectivity index (χ2n) is 5.21. The Morgan fingerprint density at radius 2 is 1.88 bits per heavy atom. The molecule has 0 N–H and O–H groups in total. The maximum atomic E-state index is 12.0. The number of halogens is 2. The van der Waals surface area contributed by atoms with Gasteiger partial charge in [-0.3, -0.25) is 9.78 Å². The van der Waals surface area contributed by atoms with Crippen molar-refractivity contribution in [3.8, 4) is 5.75 Å². The largest absolute Gasteiger partial charge is 0.466 e. The molecule has 128 valence electrons. The quantitative estimate of drug-likeness (QED) is 0.517. The van der Waals surface area contributed by atoms with E-state index in [1.54, 1.807) is 24.5 Å². The van der Waals surface area contributed by atoms with Crippen molar-refractivity contribution >= 4 is 5.97 Å². The first-order valence-electron chi connectivity index (χ1n) is 7.72. The molecule has 6 heteroatoms. The maximum Gasteiger partial charge on any atom is 0.387 e. The van der Waals surface area contributed by atoms with Crippen molar-refractivity contribution in [2.24, 2.45) is 0 Å². The van der Waals surface area contributed by atoms with E-state index in [1.165, 1.54) is 12.1 Å². The van der Waals surface area contributed by atoms with Gasteiger partial charge in [0.15, 0.2) is 0 Å². The third-order valence-electron chi connectivity index (χ3n) is 3.36. The summed E-state index contributed by atoms with van der Waals surface area (Å²) < 4.78 is 33.5. The monoisotopic (exact) mass is 335 g/mol. The summed E-state index contributed by atoms with van der Waals surface area (Å²) in [7, 11) is 0. The van der Waals surface area contributed by atoms with E-state index >= 15 is 0 Å².